The van der Waals surface area contributed by atoms with Gasteiger partial charge in [0.15, 0.2) is 0 Å². The topological polar surface area (TPSA) is 71.5 Å². The highest BCUT2D eigenvalue weighted by Crippen LogP contribution is 2.16. The van der Waals surface area contributed by atoms with Crippen LogP contribution in [-0.4, -0.2) is 18.0 Å². The predicted molar refractivity (Wildman–Crippen MR) is 83.0 cm³/mol. The fourth-order valence-electron chi connectivity index (χ4n) is 1.99. The quantitative estimate of drug-likeness (QED) is 0.906. The van der Waals surface area contributed by atoms with E-state index in [2.05, 4.69) is 5.32 Å². The first kappa shape index (κ1) is 15.1. The number of carbonyl (C=O) groups excluding carboxylic acids is 1. The van der Waals surface area contributed by atoms with Gasteiger partial charge in [-0.15, -0.1) is 0 Å². The van der Waals surface area contributed by atoms with Crippen LogP contribution in [0.2, 0.25) is 0 Å². The van der Waals surface area contributed by atoms with Crippen molar-refractivity contribution in [3.05, 3.63) is 53.5 Å². The predicted octanol–water partition coefficient (Wildman–Crippen LogP) is 3.27. The standard InChI is InChI=1S/C16H21N3O2/c1-11-7-8-15(21-11)10-19(3)16(20)18-14-6-4-5-13(9-14)12(2)17/h4-9,12H,10,17H2,1-3H3,(H,18,20). The second-order valence-electron chi connectivity index (χ2n) is 5.21. The molecule has 5 nitrogen and oxygen atoms in total. The Hall–Kier alpha value is -2.27. The lowest BCUT2D eigenvalue weighted by Gasteiger charge is -2.17. The van der Waals surface area contributed by atoms with Gasteiger partial charge in [0.1, 0.15) is 11.5 Å². The third-order valence-electron chi connectivity index (χ3n) is 3.20. The van der Waals surface area contributed by atoms with Crippen molar-refractivity contribution in [1.82, 2.24) is 4.90 Å². The highest BCUT2D eigenvalue weighted by Gasteiger charge is 2.11. The van der Waals surface area contributed by atoms with Crippen molar-refractivity contribution in [1.29, 1.82) is 0 Å². The first-order chi connectivity index (χ1) is 9.95. The largest absolute Gasteiger partial charge is 0.464 e. The number of hydrogen-bond donors (Lipinski definition) is 2. The minimum absolute atomic E-state index is 0.0642. The molecule has 0 saturated carbocycles. The number of amides is 2. The molecule has 0 aliphatic rings. The zero-order chi connectivity index (χ0) is 15.4. The van der Waals surface area contributed by atoms with Crippen LogP contribution < -0.4 is 11.1 Å². The maximum Gasteiger partial charge on any atom is 0.321 e. The number of furan rings is 1. The summed E-state index contributed by atoms with van der Waals surface area (Å²) < 4.78 is 5.47. The molecule has 5 heteroatoms. The van der Waals surface area contributed by atoms with Crippen LogP contribution in [0.4, 0.5) is 10.5 Å². The van der Waals surface area contributed by atoms with Crippen LogP contribution in [0.3, 0.4) is 0 Å². The number of aryl methyl sites for hydroxylation is 1. The van der Waals surface area contributed by atoms with Gasteiger partial charge in [-0.1, -0.05) is 12.1 Å². The van der Waals surface area contributed by atoms with Crippen LogP contribution in [0.1, 0.15) is 30.0 Å². The summed E-state index contributed by atoms with van der Waals surface area (Å²) in [5.74, 6) is 1.60. The van der Waals surface area contributed by atoms with Crippen LogP contribution in [-0.2, 0) is 6.54 Å². The first-order valence-electron chi connectivity index (χ1n) is 6.88. The van der Waals surface area contributed by atoms with E-state index in [0.29, 0.717) is 6.54 Å². The van der Waals surface area contributed by atoms with E-state index in [1.54, 1.807) is 11.9 Å². The van der Waals surface area contributed by atoms with E-state index >= 15 is 0 Å². The van der Waals surface area contributed by atoms with Gasteiger partial charge in [-0.05, 0) is 43.7 Å². The minimum Gasteiger partial charge on any atom is -0.464 e. The Morgan fingerprint density at radius 1 is 1.38 bits per heavy atom. The number of anilines is 1. The fourth-order valence-corrected chi connectivity index (χ4v) is 1.99. The minimum atomic E-state index is -0.189. The Kier molecular flexibility index (Phi) is 4.65. The second kappa shape index (κ2) is 6.45. The molecule has 21 heavy (non-hydrogen) atoms. The normalized spacial score (nSPS) is 12.0. The average molecular weight is 287 g/mol. The van der Waals surface area contributed by atoms with Crippen LogP contribution in [0.5, 0.6) is 0 Å². The van der Waals surface area contributed by atoms with Gasteiger partial charge in [-0.2, -0.15) is 0 Å². The summed E-state index contributed by atoms with van der Waals surface area (Å²) >= 11 is 0. The molecule has 2 amide bonds. The van der Waals surface area contributed by atoms with Gasteiger partial charge in [0, 0.05) is 18.8 Å². The first-order valence-corrected chi connectivity index (χ1v) is 6.88. The van der Waals surface area contributed by atoms with E-state index in [9.17, 15) is 4.79 Å². The molecule has 2 aromatic rings. The number of nitrogens with two attached hydrogens (primary N) is 1. The van der Waals surface area contributed by atoms with Gasteiger partial charge in [0.2, 0.25) is 0 Å². The number of nitrogens with one attached hydrogen (secondary N) is 1. The Morgan fingerprint density at radius 3 is 2.76 bits per heavy atom. The highest BCUT2D eigenvalue weighted by atomic mass is 16.3. The van der Waals surface area contributed by atoms with Crippen molar-refractivity contribution in [3.8, 4) is 0 Å². The van der Waals surface area contributed by atoms with E-state index in [1.165, 1.54) is 0 Å². The molecule has 1 aromatic carbocycles. The number of urea groups is 1. The number of nitrogens with zero attached hydrogens (tertiary/aromatic N) is 1. The molecular weight excluding hydrogens is 266 g/mol. The zero-order valence-corrected chi connectivity index (χ0v) is 12.6. The van der Waals surface area contributed by atoms with E-state index in [4.69, 9.17) is 10.2 Å². The summed E-state index contributed by atoms with van der Waals surface area (Å²) in [5, 5.41) is 2.85. The van der Waals surface area contributed by atoms with E-state index in [-0.39, 0.29) is 12.1 Å². The van der Waals surface area contributed by atoms with Crippen LogP contribution in [0.25, 0.3) is 0 Å². The molecule has 2 rings (SSSR count). The molecule has 0 aliphatic heterocycles. The Bertz CT molecular complexity index is 619. The van der Waals surface area contributed by atoms with Crippen LogP contribution in [0, 0.1) is 6.92 Å². The summed E-state index contributed by atoms with van der Waals surface area (Å²) in [7, 11) is 1.72. The van der Waals surface area contributed by atoms with Crippen LogP contribution >= 0.6 is 0 Å². The number of rotatable bonds is 4. The number of benzene rings is 1. The second-order valence-corrected chi connectivity index (χ2v) is 5.21. The van der Waals surface area contributed by atoms with Gasteiger partial charge in [0.25, 0.3) is 0 Å². The molecule has 0 radical (unpaired) electrons. The molecule has 0 bridgehead atoms. The van der Waals surface area contributed by atoms with Crippen molar-refractivity contribution in [2.24, 2.45) is 5.73 Å². The van der Waals surface area contributed by atoms with E-state index < -0.39 is 0 Å². The molecule has 1 heterocycles. The molecular formula is C16H21N3O2. The molecule has 3 N–H and O–H groups in total. The lowest BCUT2D eigenvalue weighted by atomic mass is 10.1. The number of hydrogen-bond acceptors (Lipinski definition) is 3. The van der Waals surface area contributed by atoms with Gasteiger partial charge in [-0.25, -0.2) is 4.79 Å². The van der Waals surface area contributed by atoms with Gasteiger partial charge in [-0.3, -0.25) is 0 Å². The zero-order valence-electron chi connectivity index (χ0n) is 12.6. The SMILES string of the molecule is Cc1ccc(CN(C)C(=O)Nc2cccc(C(C)N)c2)o1. The summed E-state index contributed by atoms with van der Waals surface area (Å²) in [4.78, 5) is 13.7. The lowest BCUT2D eigenvalue weighted by molar-refractivity contribution is 0.216. The van der Waals surface area contributed by atoms with Crippen molar-refractivity contribution in [2.45, 2.75) is 26.4 Å². The molecule has 1 unspecified atom stereocenters. The highest BCUT2D eigenvalue weighted by molar-refractivity contribution is 5.89. The molecule has 1 atom stereocenters. The molecule has 112 valence electrons. The molecule has 1 aromatic heterocycles. The Balaban J connectivity index is 1.98. The summed E-state index contributed by atoms with van der Waals surface area (Å²) in [5.41, 5.74) is 7.56. The Labute approximate surface area is 124 Å². The lowest BCUT2D eigenvalue weighted by Crippen LogP contribution is -2.30. The van der Waals surface area contributed by atoms with E-state index in [0.717, 1.165) is 22.8 Å². The fraction of sp³-hybridized carbons (Fsp3) is 0.312. The molecule has 0 fully saturated rings. The summed E-state index contributed by atoms with van der Waals surface area (Å²) in [6.45, 7) is 4.21. The average Bonchev–Trinajstić information content (AvgIpc) is 2.84. The maximum atomic E-state index is 12.1. The van der Waals surface area contributed by atoms with Gasteiger partial charge < -0.3 is 20.4 Å². The summed E-state index contributed by atoms with van der Waals surface area (Å²) in [6, 6.07) is 11.0. The van der Waals surface area contributed by atoms with Gasteiger partial charge >= 0.3 is 6.03 Å². The number of carbonyl (C=O) groups is 1. The molecule has 0 aliphatic carbocycles. The van der Waals surface area contributed by atoms with E-state index in [1.807, 2.05) is 50.2 Å². The van der Waals surface area contributed by atoms with Crippen LogP contribution in [0.15, 0.2) is 40.8 Å². The maximum absolute atomic E-state index is 12.1. The van der Waals surface area contributed by atoms with Crippen molar-refractivity contribution >= 4 is 11.7 Å². The summed E-state index contributed by atoms with van der Waals surface area (Å²) in [6.07, 6.45) is 0. The third-order valence-corrected chi connectivity index (χ3v) is 3.20. The van der Waals surface area contributed by atoms with Crippen molar-refractivity contribution < 1.29 is 9.21 Å². The van der Waals surface area contributed by atoms with Gasteiger partial charge in [0.05, 0.1) is 6.54 Å². The van der Waals surface area contributed by atoms with Crippen molar-refractivity contribution in [3.63, 3.8) is 0 Å². The monoisotopic (exact) mass is 287 g/mol. The smallest absolute Gasteiger partial charge is 0.321 e. The Morgan fingerprint density at radius 2 is 2.14 bits per heavy atom. The van der Waals surface area contributed by atoms with Crippen molar-refractivity contribution in [2.75, 3.05) is 12.4 Å². The molecule has 0 saturated heterocycles. The molecule has 0 spiro atoms. The third kappa shape index (κ3) is 4.10.